The number of para-hydroxylation sites is 2. The summed E-state index contributed by atoms with van der Waals surface area (Å²) in [6.45, 7) is 1.79. The standard InChI is InChI=1S/C29H26N4O5/c1-17-25-21(31-32-27(34)22-16-15-18-9-4-6-11-20(18)30-22)12-8-14-24(25)38-26(17)28(35)33(2)23-13-7-5-10-19(23)29(36)37-3/h4-7,9-11,13,15-16H,8,12,14H2,1-3H3,(H,32,34)/b31-21+. The van der Waals surface area contributed by atoms with E-state index in [1.165, 1.54) is 12.0 Å². The van der Waals surface area contributed by atoms with Crippen LogP contribution in [0.4, 0.5) is 5.69 Å². The highest BCUT2D eigenvalue weighted by Crippen LogP contribution is 2.32. The summed E-state index contributed by atoms with van der Waals surface area (Å²) < 4.78 is 10.9. The second-order valence-corrected chi connectivity index (χ2v) is 8.97. The molecule has 9 heteroatoms. The molecule has 0 saturated heterocycles. The van der Waals surface area contributed by atoms with Crippen LogP contribution < -0.4 is 10.3 Å². The van der Waals surface area contributed by atoms with Crippen LogP contribution in [0.5, 0.6) is 0 Å². The lowest BCUT2D eigenvalue weighted by Gasteiger charge is -2.19. The summed E-state index contributed by atoms with van der Waals surface area (Å²) in [5.74, 6) is -0.566. The highest BCUT2D eigenvalue weighted by Gasteiger charge is 2.31. The fourth-order valence-electron chi connectivity index (χ4n) is 4.66. The van der Waals surface area contributed by atoms with Gasteiger partial charge in [-0.3, -0.25) is 9.59 Å². The summed E-state index contributed by atoms with van der Waals surface area (Å²) in [6, 6.07) is 17.8. The topological polar surface area (TPSA) is 114 Å². The van der Waals surface area contributed by atoms with Gasteiger partial charge in [0.05, 0.1) is 29.6 Å². The summed E-state index contributed by atoms with van der Waals surface area (Å²) in [6.07, 6.45) is 2.02. The smallest absolute Gasteiger partial charge is 0.339 e. The molecule has 9 nitrogen and oxygen atoms in total. The fraction of sp³-hybridized carbons (Fsp3) is 0.207. The van der Waals surface area contributed by atoms with Gasteiger partial charge in [0.1, 0.15) is 11.5 Å². The molecule has 4 aromatic rings. The van der Waals surface area contributed by atoms with E-state index < -0.39 is 17.8 Å². The largest absolute Gasteiger partial charge is 0.465 e. The molecule has 2 aromatic heterocycles. The van der Waals surface area contributed by atoms with Gasteiger partial charge >= 0.3 is 5.97 Å². The predicted molar refractivity (Wildman–Crippen MR) is 143 cm³/mol. The number of nitrogens with zero attached hydrogens (tertiary/aromatic N) is 3. The Morgan fingerprint density at radius 2 is 1.79 bits per heavy atom. The summed E-state index contributed by atoms with van der Waals surface area (Å²) >= 11 is 0. The Balaban J connectivity index is 1.41. The van der Waals surface area contributed by atoms with Crippen molar-refractivity contribution in [3.05, 3.63) is 94.6 Å². The molecule has 2 amide bonds. The van der Waals surface area contributed by atoms with Crippen LogP contribution in [0.25, 0.3) is 10.9 Å². The minimum absolute atomic E-state index is 0.161. The van der Waals surface area contributed by atoms with Crippen molar-refractivity contribution in [2.45, 2.75) is 26.2 Å². The van der Waals surface area contributed by atoms with E-state index in [0.29, 0.717) is 35.6 Å². The number of anilines is 1. The molecule has 1 aliphatic carbocycles. The van der Waals surface area contributed by atoms with Gasteiger partial charge in [0.25, 0.3) is 11.8 Å². The molecular formula is C29H26N4O5. The molecule has 2 heterocycles. The molecule has 0 fully saturated rings. The van der Waals surface area contributed by atoms with Crippen molar-refractivity contribution in [2.75, 3.05) is 19.1 Å². The first kappa shape index (κ1) is 24.9. The zero-order chi connectivity index (χ0) is 26.8. The van der Waals surface area contributed by atoms with Gasteiger partial charge in [0.2, 0.25) is 0 Å². The molecule has 0 atom stereocenters. The lowest BCUT2D eigenvalue weighted by atomic mass is 9.93. The molecule has 192 valence electrons. The number of amides is 2. The van der Waals surface area contributed by atoms with Crippen LogP contribution in [0.15, 0.2) is 70.2 Å². The van der Waals surface area contributed by atoms with E-state index in [1.54, 1.807) is 44.3 Å². The Labute approximate surface area is 219 Å². The number of pyridine rings is 1. The van der Waals surface area contributed by atoms with Gasteiger partial charge in [0, 0.05) is 30.0 Å². The maximum Gasteiger partial charge on any atom is 0.339 e. The molecule has 0 radical (unpaired) electrons. The normalized spacial score (nSPS) is 13.7. The van der Waals surface area contributed by atoms with Crippen LogP contribution in [-0.4, -0.2) is 42.6 Å². The number of furan rings is 1. The van der Waals surface area contributed by atoms with Gasteiger partial charge < -0.3 is 14.1 Å². The average Bonchev–Trinajstić information content (AvgIpc) is 3.31. The summed E-state index contributed by atoms with van der Waals surface area (Å²) in [5.41, 5.74) is 6.26. The molecule has 0 unspecified atom stereocenters. The number of carbonyl (C=O) groups is 3. The number of aryl methyl sites for hydroxylation is 1. The van der Waals surface area contributed by atoms with Crippen molar-refractivity contribution >= 4 is 40.1 Å². The van der Waals surface area contributed by atoms with Crippen LogP contribution in [-0.2, 0) is 11.2 Å². The van der Waals surface area contributed by atoms with Crippen molar-refractivity contribution in [2.24, 2.45) is 5.10 Å². The van der Waals surface area contributed by atoms with E-state index in [1.807, 2.05) is 30.3 Å². The van der Waals surface area contributed by atoms with E-state index >= 15 is 0 Å². The van der Waals surface area contributed by atoms with Crippen LogP contribution in [0.2, 0.25) is 0 Å². The number of aromatic nitrogens is 1. The quantitative estimate of drug-likeness (QED) is 0.308. The van der Waals surface area contributed by atoms with Gasteiger partial charge in [0.15, 0.2) is 5.76 Å². The third-order valence-corrected chi connectivity index (χ3v) is 6.62. The monoisotopic (exact) mass is 510 g/mol. The summed E-state index contributed by atoms with van der Waals surface area (Å²) in [4.78, 5) is 44.3. The number of benzene rings is 2. The second-order valence-electron chi connectivity index (χ2n) is 8.97. The number of esters is 1. The SMILES string of the molecule is COC(=O)c1ccccc1N(C)C(=O)c1oc2c(c1C)/C(=N/NC(=O)c1ccc3ccccc3n1)CCC2. The number of hydrogen-bond donors (Lipinski definition) is 1. The molecule has 5 rings (SSSR count). The van der Waals surface area contributed by atoms with Gasteiger partial charge in [-0.05, 0) is 44.0 Å². The minimum Gasteiger partial charge on any atom is -0.465 e. The number of fused-ring (bicyclic) bond motifs is 2. The van der Waals surface area contributed by atoms with Crippen LogP contribution in [0.3, 0.4) is 0 Å². The molecule has 0 bridgehead atoms. The molecule has 38 heavy (non-hydrogen) atoms. The van der Waals surface area contributed by atoms with Crippen molar-refractivity contribution in [1.29, 1.82) is 0 Å². The molecule has 1 N–H and O–H groups in total. The number of hydrogen-bond acceptors (Lipinski definition) is 7. The van der Waals surface area contributed by atoms with Gasteiger partial charge in [-0.2, -0.15) is 5.10 Å². The van der Waals surface area contributed by atoms with Gasteiger partial charge in [-0.1, -0.05) is 36.4 Å². The van der Waals surface area contributed by atoms with E-state index in [-0.39, 0.29) is 17.0 Å². The Kier molecular flexibility index (Phi) is 6.74. The molecule has 0 spiro atoms. The zero-order valence-electron chi connectivity index (χ0n) is 21.3. The van der Waals surface area contributed by atoms with Gasteiger partial charge in [-0.25, -0.2) is 15.2 Å². The lowest BCUT2D eigenvalue weighted by molar-refractivity contribution is 0.0601. The Morgan fingerprint density at radius 1 is 1.03 bits per heavy atom. The van der Waals surface area contributed by atoms with Crippen LogP contribution in [0.1, 0.15) is 61.1 Å². The minimum atomic E-state index is -0.540. The summed E-state index contributed by atoms with van der Waals surface area (Å²) in [7, 11) is 2.87. The molecule has 1 aliphatic rings. The maximum atomic E-state index is 13.5. The number of carbonyl (C=O) groups excluding carboxylic acids is 3. The molecule has 2 aromatic carbocycles. The Hall–Kier alpha value is -4.79. The number of rotatable bonds is 5. The predicted octanol–water partition coefficient (Wildman–Crippen LogP) is 4.67. The fourth-order valence-corrected chi connectivity index (χ4v) is 4.66. The van der Waals surface area contributed by atoms with E-state index in [4.69, 9.17) is 9.15 Å². The van der Waals surface area contributed by atoms with Crippen molar-refractivity contribution in [3.8, 4) is 0 Å². The number of hydrazone groups is 1. The highest BCUT2D eigenvalue weighted by molar-refractivity contribution is 6.12. The Bertz CT molecular complexity index is 1600. The molecular weight excluding hydrogens is 484 g/mol. The highest BCUT2D eigenvalue weighted by atomic mass is 16.5. The van der Waals surface area contributed by atoms with Crippen molar-refractivity contribution in [3.63, 3.8) is 0 Å². The first-order chi connectivity index (χ1) is 18.4. The average molecular weight is 511 g/mol. The van der Waals surface area contributed by atoms with E-state index in [0.717, 1.165) is 22.9 Å². The second kappa shape index (κ2) is 10.3. The summed E-state index contributed by atoms with van der Waals surface area (Å²) in [5, 5.41) is 5.34. The maximum absolute atomic E-state index is 13.5. The first-order valence-corrected chi connectivity index (χ1v) is 12.2. The van der Waals surface area contributed by atoms with Crippen LogP contribution >= 0.6 is 0 Å². The third-order valence-electron chi connectivity index (χ3n) is 6.62. The van der Waals surface area contributed by atoms with E-state index in [9.17, 15) is 14.4 Å². The Morgan fingerprint density at radius 3 is 2.61 bits per heavy atom. The molecule has 0 aliphatic heterocycles. The molecule has 0 saturated carbocycles. The number of ether oxygens (including phenoxy) is 1. The van der Waals surface area contributed by atoms with Crippen molar-refractivity contribution in [1.82, 2.24) is 10.4 Å². The third kappa shape index (κ3) is 4.54. The van der Waals surface area contributed by atoms with E-state index in [2.05, 4.69) is 15.5 Å². The number of methoxy groups -OCH3 is 1. The zero-order valence-corrected chi connectivity index (χ0v) is 21.3. The number of nitrogens with one attached hydrogen (secondary N) is 1. The lowest BCUT2D eigenvalue weighted by Crippen LogP contribution is -2.28. The van der Waals surface area contributed by atoms with Crippen molar-refractivity contribution < 1.29 is 23.5 Å². The van der Waals surface area contributed by atoms with Crippen LogP contribution in [0, 0.1) is 6.92 Å². The van der Waals surface area contributed by atoms with Gasteiger partial charge in [-0.15, -0.1) is 0 Å². The first-order valence-electron chi connectivity index (χ1n) is 12.2.